The normalized spacial score (nSPS) is 14.1. The lowest BCUT2D eigenvalue weighted by Gasteiger charge is -2.09. The first-order chi connectivity index (χ1) is 12.8. The topological polar surface area (TPSA) is 75.3 Å². The lowest BCUT2D eigenvalue weighted by atomic mass is 10.1. The fourth-order valence-electron chi connectivity index (χ4n) is 2.52. The summed E-state index contributed by atoms with van der Waals surface area (Å²) in [6.45, 7) is 4.15. The molecule has 0 aliphatic heterocycles. The van der Waals surface area contributed by atoms with Crippen LogP contribution in [0.1, 0.15) is 30.4 Å². The number of benzene rings is 2. The average molecular weight is 405 g/mol. The second kappa shape index (κ2) is 8.46. The third-order valence-electron chi connectivity index (χ3n) is 4.40. The van der Waals surface area contributed by atoms with E-state index in [-0.39, 0.29) is 16.8 Å². The molecule has 2 aromatic rings. The highest BCUT2D eigenvalue weighted by molar-refractivity contribution is 7.99. The van der Waals surface area contributed by atoms with E-state index in [2.05, 4.69) is 42.1 Å². The maximum absolute atomic E-state index is 12.3. The third kappa shape index (κ3) is 5.82. The zero-order valence-electron chi connectivity index (χ0n) is 15.5. The van der Waals surface area contributed by atoms with Gasteiger partial charge in [-0.2, -0.15) is 0 Å². The van der Waals surface area contributed by atoms with Crippen molar-refractivity contribution in [1.82, 2.24) is 4.72 Å². The second-order valence-electron chi connectivity index (χ2n) is 6.82. The van der Waals surface area contributed by atoms with Crippen molar-refractivity contribution in [1.29, 1.82) is 0 Å². The molecule has 27 heavy (non-hydrogen) atoms. The minimum atomic E-state index is -3.52. The van der Waals surface area contributed by atoms with Gasteiger partial charge in [0.05, 0.1) is 4.90 Å². The Labute approximate surface area is 165 Å². The van der Waals surface area contributed by atoms with E-state index in [4.69, 9.17) is 0 Å². The number of thioether (sulfide) groups is 1. The van der Waals surface area contributed by atoms with Crippen LogP contribution >= 0.6 is 11.8 Å². The highest BCUT2D eigenvalue weighted by Crippen LogP contribution is 2.24. The van der Waals surface area contributed by atoms with Crippen molar-refractivity contribution < 1.29 is 13.2 Å². The largest absolute Gasteiger partial charge is 0.326 e. The predicted molar refractivity (Wildman–Crippen MR) is 110 cm³/mol. The maximum Gasteiger partial charge on any atom is 0.240 e. The number of amides is 1. The summed E-state index contributed by atoms with van der Waals surface area (Å²) in [6.07, 6.45) is 2.12. The fourth-order valence-corrected chi connectivity index (χ4v) is 4.82. The molecule has 0 spiro atoms. The van der Waals surface area contributed by atoms with Gasteiger partial charge in [0, 0.05) is 28.8 Å². The molecule has 0 aromatic heterocycles. The van der Waals surface area contributed by atoms with Crippen molar-refractivity contribution in [2.24, 2.45) is 0 Å². The zero-order chi connectivity index (χ0) is 19.4. The number of nitrogens with one attached hydrogen (secondary N) is 2. The molecule has 144 valence electrons. The molecule has 1 amide bonds. The van der Waals surface area contributed by atoms with E-state index in [0.717, 1.165) is 17.7 Å². The molecule has 1 aliphatic rings. The molecule has 0 heterocycles. The summed E-state index contributed by atoms with van der Waals surface area (Å²) in [5.74, 6) is 0.534. The van der Waals surface area contributed by atoms with Gasteiger partial charge in [-0.3, -0.25) is 4.79 Å². The maximum atomic E-state index is 12.3. The number of carbonyl (C=O) groups is 1. The highest BCUT2D eigenvalue weighted by atomic mass is 32.2. The lowest BCUT2D eigenvalue weighted by Crippen LogP contribution is -2.25. The van der Waals surface area contributed by atoms with Gasteiger partial charge in [-0.05, 0) is 68.1 Å². The molecule has 1 aliphatic carbocycles. The molecule has 1 fully saturated rings. The van der Waals surface area contributed by atoms with Gasteiger partial charge < -0.3 is 5.32 Å². The molecule has 2 aromatic carbocycles. The van der Waals surface area contributed by atoms with Gasteiger partial charge >= 0.3 is 0 Å². The lowest BCUT2D eigenvalue weighted by molar-refractivity contribution is -0.115. The Kier molecular flexibility index (Phi) is 6.24. The van der Waals surface area contributed by atoms with E-state index in [1.54, 1.807) is 23.9 Å². The van der Waals surface area contributed by atoms with Gasteiger partial charge in [0.25, 0.3) is 0 Å². The number of aryl methyl sites for hydroxylation is 2. The van der Waals surface area contributed by atoms with Crippen LogP contribution in [0.25, 0.3) is 0 Å². The monoisotopic (exact) mass is 404 g/mol. The van der Waals surface area contributed by atoms with Crippen LogP contribution in [0.4, 0.5) is 5.69 Å². The van der Waals surface area contributed by atoms with E-state index in [1.165, 1.54) is 23.3 Å². The third-order valence-corrected chi connectivity index (χ3v) is 6.92. The smallest absolute Gasteiger partial charge is 0.240 e. The minimum Gasteiger partial charge on any atom is -0.326 e. The first kappa shape index (κ1) is 19.9. The van der Waals surface area contributed by atoms with Crippen LogP contribution in [0.3, 0.4) is 0 Å². The van der Waals surface area contributed by atoms with E-state index >= 15 is 0 Å². The molecule has 0 atom stereocenters. The molecule has 1 saturated carbocycles. The number of hydrogen-bond acceptors (Lipinski definition) is 4. The van der Waals surface area contributed by atoms with Gasteiger partial charge in [0.15, 0.2) is 0 Å². The average Bonchev–Trinajstić information content (AvgIpc) is 3.41. The van der Waals surface area contributed by atoms with Crippen LogP contribution in [0, 0.1) is 13.8 Å². The van der Waals surface area contributed by atoms with E-state index in [1.807, 2.05) is 0 Å². The molecule has 0 bridgehead atoms. The Bertz CT molecular complexity index is 938. The molecule has 7 heteroatoms. The van der Waals surface area contributed by atoms with Crippen molar-refractivity contribution in [3.05, 3.63) is 53.6 Å². The fraction of sp³-hybridized carbons (Fsp3) is 0.350. The summed E-state index contributed by atoms with van der Waals surface area (Å²) in [5, 5.41) is 2.79. The second-order valence-corrected chi connectivity index (χ2v) is 9.70. The first-order valence-corrected chi connectivity index (χ1v) is 11.4. The summed E-state index contributed by atoms with van der Waals surface area (Å²) < 4.78 is 27.2. The highest BCUT2D eigenvalue weighted by Gasteiger charge is 2.28. The van der Waals surface area contributed by atoms with Crippen LogP contribution in [0.15, 0.2) is 52.3 Å². The predicted octanol–water partition coefficient (Wildman–Crippen LogP) is 3.87. The Morgan fingerprint density at radius 1 is 1.11 bits per heavy atom. The van der Waals surface area contributed by atoms with Crippen LogP contribution in [-0.4, -0.2) is 26.1 Å². The Balaban J connectivity index is 1.53. The Hall–Kier alpha value is -1.83. The van der Waals surface area contributed by atoms with Crippen LogP contribution in [0.5, 0.6) is 0 Å². The van der Waals surface area contributed by atoms with Crippen LogP contribution in [0.2, 0.25) is 0 Å². The van der Waals surface area contributed by atoms with E-state index in [9.17, 15) is 13.2 Å². The number of anilines is 1. The molecule has 0 saturated heterocycles. The molecule has 0 unspecified atom stereocenters. The van der Waals surface area contributed by atoms with Crippen LogP contribution in [-0.2, 0) is 14.8 Å². The van der Waals surface area contributed by atoms with E-state index < -0.39 is 10.0 Å². The molecule has 0 radical (unpaired) electrons. The van der Waals surface area contributed by atoms with Gasteiger partial charge in [-0.1, -0.05) is 12.1 Å². The van der Waals surface area contributed by atoms with Gasteiger partial charge in [-0.25, -0.2) is 13.1 Å². The van der Waals surface area contributed by atoms with Crippen molar-refractivity contribution in [2.45, 2.75) is 48.9 Å². The summed E-state index contributed by atoms with van der Waals surface area (Å²) in [6, 6.07) is 12.7. The van der Waals surface area contributed by atoms with Gasteiger partial charge in [0.2, 0.25) is 15.9 Å². The summed E-state index contributed by atoms with van der Waals surface area (Å²) in [5.41, 5.74) is 2.99. The molecular weight excluding hydrogens is 380 g/mol. The molecule has 3 rings (SSSR count). The zero-order valence-corrected chi connectivity index (χ0v) is 17.1. The quantitative estimate of drug-likeness (QED) is 0.655. The molecule has 5 nitrogen and oxygen atoms in total. The Morgan fingerprint density at radius 2 is 1.89 bits per heavy atom. The van der Waals surface area contributed by atoms with Crippen molar-refractivity contribution in [2.75, 3.05) is 11.1 Å². The number of sulfonamides is 1. The van der Waals surface area contributed by atoms with Crippen LogP contribution < -0.4 is 10.0 Å². The van der Waals surface area contributed by atoms with Crippen molar-refractivity contribution in [3.63, 3.8) is 0 Å². The summed E-state index contributed by atoms with van der Waals surface area (Å²) in [7, 11) is -3.52. The Morgan fingerprint density at radius 3 is 2.59 bits per heavy atom. The van der Waals surface area contributed by atoms with Crippen molar-refractivity contribution >= 4 is 33.4 Å². The summed E-state index contributed by atoms with van der Waals surface area (Å²) >= 11 is 1.64. The summed E-state index contributed by atoms with van der Waals surface area (Å²) in [4.78, 5) is 13.5. The molecule has 2 N–H and O–H groups in total. The van der Waals surface area contributed by atoms with Crippen molar-refractivity contribution in [3.8, 4) is 0 Å². The van der Waals surface area contributed by atoms with Gasteiger partial charge in [0.1, 0.15) is 0 Å². The SMILES string of the molecule is Cc1ccc(SCCC(=O)Nc2cccc(S(=O)(=O)NC3CC3)c2)cc1C. The van der Waals surface area contributed by atoms with Gasteiger partial charge in [-0.15, -0.1) is 11.8 Å². The van der Waals surface area contributed by atoms with E-state index in [0.29, 0.717) is 17.9 Å². The first-order valence-electron chi connectivity index (χ1n) is 8.96. The number of rotatable bonds is 8. The molecular formula is C20H24N2O3S2. The number of hydrogen-bond donors (Lipinski definition) is 2. The standard InChI is InChI=1S/C20H24N2O3S2/c1-14-6-9-18(12-15(14)2)26-11-10-20(23)21-17-4-3-5-19(13-17)27(24,25)22-16-7-8-16/h3-6,9,12-13,16,22H,7-8,10-11H2,1-2H3,(H,21,23). The number of carbonyl (C=O) groups excluding carboxylic acids is 1. The minimum absolute atomic E-state index is 0.0516.